The van der Waals surface area contributed by atoms with Crippen LogP contribution >= 0.6 is 11.6 Å². The summed E-state index contributed by atoms with van der Waals surface area (Å²) >= 11 is 5.55. The van der Waals surface area contributed by atoms with Crippen molar-refractivity contribution in [2.45, 2.75) is 6.92 Å². The summed E-state index contributed by atoms with van der Waals surface area (Å²) in [6, 6.07) is 3.54. The summed E-state index contributed by atoms with van der Waals surface area (Å²) in [4.78, 5) is 21.7. The van der Waals surface area contributed by atoms with Crippen LogP contribution in [0.3, 0.4) is 0 Å². The Kier molecular flexibility index (Phi) is 4.22. The van der Waals surface area contributed by atoms with Gasteiger partial charge in [-0.05, 0) is 18.2 Å². The fourth-order valence-corrected chi connectivity index (χ4v) is 1.78. The smallest absolute Gasteiger partial charge is 0.411 e. The Labute approximate surface area is 127 Å². The Bertz CT molecular complexity index is 757. The van der Waals surface area contributed by atoms with Crippen LogP contribution in [0.2, 0.25) is 5.02 Å². The quantitative estimate of drug-likeness (QED) is 0.744. The second-order valence-corrected chi connectivity index (χ2v) is 4.50. The molecule has 0 spiro atoms. The third-order valence-corrected chi connectivity index (χ3v) is 2.80. The largest absolute Gasteiger partial charge is 0.502 e. The summed E-state index contributed by atoms with van der Waals surface area (Å²) in [5, 5.41) is 20.4. The highest BCUT2D eigenvalue weighted by molar-refractivity contribution is 6.30. The van der Waals surface area contributed by atoms with E-state index in [-0.39, 0.29) is 16.3 Å². The van der Waals surface area contributed by atoms with E-state index in [4.69, 9.17) is 25.9 Å². The lowest BCUT2D eigenvalue weighted by Gasteiger charge is -2.01. The zero-order chi connectivity index (χ0) is 16.4. The van der Waals surface area contributed by atoms with E-state index in [1.807, 2.05) is 5.32 Å². The first-order valence-corrected chi connectivity index (χ1v) is 6.17. The van der Waals surface area contributed by atoms with Crippen LogP contribution in [0.4, 0.5) is 15.1 Å². The van der Waals surface area contributed by atoms with Gasteiger partial charge in [0, 0.05) is 12.5 Å². The minimum Gasteiger partial charge on any atom is -0.502 e. The Morgan fingerprint density at radius 1 is 1.41 bits per heavy atom. The second-order valence-electron chi connectivity index (χ2n) is 4.09. The van der Waals surface area contributed by atoms with E-state index >= 15 is 0 Å². The van der Waals surface area contributed by atoms with Gasteiger partial charge in [-0.15, -0.1) is 0 Å². The molecule has 0 saturated heterocycles. The number of carboxylic acid groups (broad SMARTS) is 1. The summed E-state index contributed by atoms with van der Waals surface area (Å²) in [7, 11) is 0. The molecule has 0 saturated carbocycles. The molecule has 2 aromatic rings. The zero-order valence-electron chi connectivity index (χ0n) is 11.0. The van der Waals surface area contributed by atoms with Gasteiger partial charge in [0.2, 0.25) is 11.5 Å². The van der Waals surface area contributed by atoms with E-state index < -0.39 is 35.3 Å². The summed E-state index contributed by atoms with van der Waals surface area (Å²) in [6.07, 6.45) is -1.50. The molecule has 0 aliphatic rings. The molecule has 1 aromatic heterocycles. The number of carbonyl (C=O) groups is 2. The third-order valence-electron chi connectivity index (χ3n) is 2.49. The number of hydrogen-bond donors (Lipinski definition) is 3. The number of benzene rings is 1. The minimum absolute atomic E-state index is 0.0752. The van der Waals surface area contributed by atoms with Gasteiger partial charge >= 0.3 is 12.1 Å². The Morgan fingerprint density at radius 2 is 2.09 bits per heavy atom. The van der Waals surface area contributed by atoms with Crippen molar-refractivity contribution in [2.24, 2.45) is 0 Å². The van der Waals surface area contributed by atoms with Crippen LogP contribution in [-0.4, -0.2) is 22.3 Å². The number of rotatable bonds is 3. The molecule has 3 N–H and O–H groups in total. The van der Waals surface area contributed by atoms with E-state index in [1.165, 1.54) is 12.1 Å². The lowest BCUT2D eigenvalue weighted by atomic mass is 10.1. The number of carbonyl (C=O) groups excluding carboxylic acids is 1. The lowest BCUT2D eigenvalue weighted by molar-refractivity contribution is -0.132. The Hall–Kier alpha value is -2.74. The molecule has 0 atom stereocenters. The fraction of sp³-hybridized carbons (Fsp3) is 0.0769. The van der Waals surface area contributed by atoms with Crippen LogP contribution in [-0.2, 0) is 4.79 Å². The van der Waals surface area contributed by atoms with E-state index in [9.17, 15) is 19.1 Å². The van der Waals surface area contributed by atoms with Gasteiger partial charge in [0.25, 0.3) is 5.88 Å². The molecule has 0 aliphatic heterocycles. The highest BCUT2D eigenvalue weighted by atomic mass is 35.5. The van der Waals surface area contributed by atoms with Crippen LogP contribution in [0.5, 0.6) is 11.5 Å². The fourth-order valence-electron chi connectivity index (χ4n) is 1.66. The van der Waals surface area contributed by atoms with Crippen molar-refractivity contribution in [3.8, 4) is 22.8 Å². The van der Waals surface area contributed by atoms with Crippen molar-refractivity contribution >= 4 is 29.5 Å². The molecule has 1 heterocycles. The van der Waals surface area contributed by atoms with Crippen LogP contribution in [0.1, 0.15) is 6.92 Å². The van der Waals surface area contributed by atoms with E-state index in [0.717, 1.165) is 13.0 Å². The van der Waals surface area contributed by atoms with Crippen LogP contribution in [0, 0.1) is 5.82 Å². The van der Waals surface area contributed by atoms with Gasteiger partial charge in [0.1, 0.15) is 5.82 Å². The lowest BCUT2D eigenvalue weighted by Crippen LogP contribution is -2.09. The summed E-state index contributed by atoms with van der Waals surface area (Å²) in [6.45, 7) is 1.05. The molecule has 1 aromatic carbocycles. The van der Waals surface area contributed by atoms with Crippen LogP contribution in [0.25, 0.3) is 11.3 Å². The first kappa shape index (κ1) is 15.6. The number of nitrogens with one attached hydrogen (secondary N) is 1. The van der Waals surface area contributed by atoms with E-state index in [1.54, 1.807) is 0 Å². The van der Waals surface area contributed by atoms with Gasteiger partial charge in [0.15, 0.2) is 5.76 Å². The number of ether oxygens (including phenoxy) is 1. The Morgan fingerprint density at radius 3 is 2.64 bits per heavy atom. The van der Waals surface area contributed by atoms with Gasteiger partial charge in [0.05, 0.1) is 5.02 Å². The molecule has 0 radical (unpaired) electrons. The molecule has 9 heteroatoms. The number of anilines is 1. The van der Waals surface area contributed by atoms with Crippen molar-refractivity contribution < 1.29 is 33.3 Å². The maximum Gasteiger partial charge on any atom is 0.411 e. The van der Waals surface area contributed by atoms with Gasteiger partial charge < -0.3 is 19.4 Å². The standard InChI is InChI=1S/C13H9ClFNO6/c1-5(17)21-11-9(18)10(22-12(11)16-13(19)20)6-2-3-7(14)8(15)4-6/h2-4,16,18H,1H3,(H,19,20). The molecule has 0 unspecified atom stereocenters. The maximum absolute atomic E-state index is 13.5. The topological polar surface area (TPSA) is 109 Å². The van der Waals surface area contributed by atoms with E-state index in [2.05, 4.69) is 0 Å². The average molecular weight is 330 g/mol. The van der Waals surface area contributed by atoms with Crippen LogP contribution in [0.15, 0.2) is 22.6 Å². The molecule has 116 valence electrons. The molecule has 0 fully saturated rings. The molecule has 0 bridgehead atoms. The van der Waals surface area contributed by atoms with Crippen molar-refractivity contribution in [3.63, 3.8) is 0 Å². The first-order valence-electron chi connectivity index (χ1n) is 5.79. The number of furan rings is 1. The molecule has 1 amide bonds. The molecular formula is C13H9ClFNO6. The second kappa shape index (κ2) is 5.94. The van der Waals surface area contributed by atoms with Crippen molar-refractivity contribution in [1.29, 1.82) is 0 Å². The molecule has 22 heavy (non-hydrogen) atoms. The SMILES string of the molecule is CC(=O)Oc1c(NC(=O)O)oc(-c2ccc(Cl)c(F)c2)c1O. The zero-order valence-corrected chi connectivity index (χ0v) is 11.8. The highest BCUT2D eigenvalue weighted by Gasteiger charge is 2.25. The average Bonchev–Trinajstić information content (AvgIpc) is 2.70. The normalized spacial score (nSPS) is 10.3. The third kappa shape index (κ3) is 3.12. The van der Waals surface area contributed by atoms with Gasteiger partial charge in [-0.3, -0.25) is 10.1 Å². The monoisotopic (exact) mass is 329 g/mol. The number of amides is 1. The molecule has 0 aliphatic carbocycles. The van der Waals surface area contributed by atoms with Crippen molar-refractivity contribution in [1.82, 2.24) is 0 Å². The van der Waals surface area contributed by atoms with Gasteiger partial charge in [-0.1, -0.05) is 11.6 Å². The predicted molar refractivity (Wildman–Crippen MR) is 73.7 cm³/mol. The molecular weight excluding hydrogens is 321 g/mol. The minimum atomic E-state index is -1.50. The number of halogens is 2. The summed E-state index contributed by atoms with van der Waals surface area (Å²) < 4.78 is 23.3. The number of aromatic hydroxyl groups is 1. The molecule has 7 nitrogen and oxygen atoms in total. The predicted octanol–water partition coefficient (Wildman–Crippen LogP) is 3.46. The highest BCUT2D eigenvalue weighted by Crippen LogP contribution is 2.46. The van der Waals surface area contributed by atoms with Crippen molar-refractivity contribution in [3.05, 3.63) is 29.0 Å². The van der Waals surface area contributed by atoms with Gasteiger partial charge in [-0.2, -0.15) is 0 Å². The van der Waals surface area contributed by atoms with Crippen molar-refractivity contribution in [2.75, 3.05) is 5.32 Å². The van der Waals surface area contributed by atoms with Crippen LogP contribution < -0.4 is 10.1 Å². The number of esters is 1. The Balaban J connectivity index is 2.56. The first-order chi connectivity index (χ1) is 10.3. The number of hydrogen-bond acceptors (Lipinski definition) is 5. The summed E-state index contributed by atoms with van der Waals surface area (Å²) in [5.74, 6) is -3.53. The van der Waals surface area contributed by atoms with Gasteiger partial charge in [-0.25, -0.2) is 9.18 Å². The maximum atomic E-state index is 13.5. The summed E-state index contributed by atoms with van der Waals surface area (Å²) in [5.41, 5.74) is 0.0752. The van der Waals surface area contributed by atoms with E-state index in [0.29, 0.717) is 0 Å². The molecule has 2 rings (SSSR count).